The molecule has 6 heteroatoms. The van der Waals surface area contributed by atoms with E-state index in [0.29, 0.717) is 19.3 Å². The normalized spacial score (nSPS) is 12.2. The van der Waals surface area contributed by atoms with Crippen LogP contribution in [0.5, 0.6) is 0 Å². The summed E-state index contributed by atoms with van der Waals surface area (Å²) >= 11 is 0. The van der Waals surface area contributed by atoms with Crippen LogP contribution in [0, 0.1) is 0 Å². The summed E-state index contributed by atoms with van der Waals surface area (Å²) in [5, 5.41) is 0. The SMILES string of the molecule is CCCC/C=C\CCCCCCCC(=O)OCC(COC(=O)CCCCCCCCCCCCCCCCCCCC)OC(=O)CC/C=C\C/C=C\CCCCCCCC. The van der Waals surface area contributed by atoms with Crippen LogP contribution in [0.3, 0.4) is 0 Å². The summed E-state index contributed by atoms with van der Waals surface area (Å²) in [4.78, 5) is 37.9. The molecule has 0 heterocycles. The fourth-order valence-electron chi connectivity index (χ4n) is 7.42. The maximum atomic E-state index is 12.7. The molecule has 0 aliphatic rings. The van der Waals surface area contributed by atoms with E-state index < -0.39 is 6.10 Å². The molecule has 0 saturated carbocycles. The number of hydrogen-bond donors (Lipinski definition) is 0. The predicted octanol–water partition coefficient (Wildman–Crippen LogP) is 16.9. The number of carbonyl (C=O) groups is 3. The highest BCUT2D eigenvalue weighted by Crippen LogP contribution is 2.16. The van der Waals surface area contributed by atoms with Crippen LogP contribution in [-0.4, -0.2) is 37.2 Å². The molecule has 60 heavy (non-hydrogen) atoms. The second-order valence-electron chi connectivity index (χ2n) is 17.4. The second kappa shape index (κ2) is 49.3. The van der Waals surface area contributed by atoms with Gasteiger partial charge in [0.2, 0.25) is 0 Å². The van der Waals surface area contributed by atoms with Gasteiger partial charge in [-0.2, -0.15) is 0 Å². The third-order valence-electron chi connectivity index (χ3n) is 11.4. The summed E-state index contributed by atoms with van der Waals surface area (Å²) < 4.78 is 16.7. The molecule has 350 valence electrons. The van der Waals surface area contributed by atoms with Gasteiger partial charge in [-0.1, -0.05) is 231 Å². The van der Waals surface area contributed by atoms with Crippen molar-refractivity contribution in [2.24, 2.45) is 0 Å². The van der Waals surface area contributed by atoms with Gasteiger partial charge in [0.05, 0.1) is 0 Å². The Bertz CT molecular complexity index is 1020. The van der Waals surface area contributed by atoms with Crippen LogP contribution in [0.4, 0.5) is 0 Å². The molecule has 1 atom stereocenters. The zero-order valence-electron chi connectivity index (χ0n) is 40.0. The minimum atomic E-state index is -0.801. The van der Waals surface area contributed by atoms with E-state index in [1.54, 1.807) is 0 Å². The smallest absolute Gasteiger partial charge is 0.306 e. The molecule has 1 unspecified atom stereocenters. The first-order valence-corrected chi connectivity index (χ1v) is 26.0. The number of allylic oxidation sites excluding steroid dienone is 6. The Morgan fingerprint density at radius 2 is 0.650 bits per heavy atom. The van der Waals surface area contributed by atoms with E-state index in [2.05, 4.69) is 51.2 Å². The summed E-state index contributed by atoms with van der Waals surface area (Å²) in [5.41, 5.74) is 0. The lowest BCUT2D eigenvalue weighted by Gasteiger charge is -2.18. The summed E-state index contributed by atoms with van der Waals surface area (Å²) in [6, 6.07) is 0. The van der Waals surface area contributed by atoms with Crippen molar-refractivity contribution >= 4 is 17.9 Å². The molecule has 0 aromatic heterocycles. The van der Waals surface area contributed by atoms with Crippen molar-refractivity contribution in [3.63, 3.8) is 0 Å². The van der Waals surface area contributed by atoms with Gasteiger partial charge in [0, 0.05) is 19.3 Å². The monoisotopic (exact) mass is 843 g/mol. The third kappa shape index (κ3) is 46.7. The summed E-state index contributed by atoms with van der Waals surface area (Å²) in [5.74, 6) is -0.964. The summed E-state index contributed by atoms with van der Waals surface area (Å²) in [6.45, 7) is 6.56. The van der Waals surface area contributed by atoms with Crippen LogP contribution in [0.2, 0.25) is 0 Å². The molecule has 6 nitrogen and oxygen atoms in total. The summed E-state index contributed by atoms with van der Waals surface area (Å²) in [7, 11) is 0. The maximum absolute atomic E-state index is 12.7. The average molecular weight is 843 g/mol. The van der Waals surface area contributed by atoms with Gasteiger partial charge >= 0.3 is 17.9 Å². The van der Waals surface area contributed by atoms with Crippen LogP contribution in [0.25, 0.3) is 0 Å². The van der Waals surface area contributed by atoms with Gasteiger partial charge in [0.1, 0.15) is 13.2 Å². The highest BCUT2D eigenvalue weighted by atomic mass is 16.6. The Balaban J connectivity index is 4.35. The van der Waals surface area contributed by atoms with Gasteiger partial charge in [-0.05, 0) is 57.8 Å². The van der Waals surface area contributed by atoms with E-state index in [9.17, 15) is 14.4 Å². The predicted molar refractivity (Wildman–Crippen MR) is 256 cm³/mol. The average Bonchev–Trinajstić information content (AvgIpc) is 3.24. The van der Waals surface area contributed by atoms with Crippen molar-refractivity contribution in [2.45, 2.75) is 277 Å². The van der Waals surface area contributed by atoms with Gasteiger partial charge in [-0.25, -0.2) is 0 Å². The molecular weight excluding hydrogens is 745 g/mol. The van der Waals surface area contributed by atoms with Crippen molar-refractivity contribution in [3.05, 3.63) is 36.5 Å². The number of rotatable bonds is 47. The van der Waals surface area contributed by atoms with Crippen LogP contribution < -0.4 is 0 Å². The molecule has 0 bridgehead atoms. The lowest BCUT2D eigenvalue weighted by molar-refractivity contribution is -0.166. The van der Waals surface area contributed by atoms with E-state index in [-0.39, 0.29) is 37.5 Å². The zero-order chi connectivity index (χ0) is 43.7. The topological polar surface area (TPSA) is 78.9 Å². The molecule has 0 fully saturated rings. The van der Waals surface area contributed by atoms with Gasteiger partial charge in [0.15, 0.2) is 6.10 Å². The fourth-order valence-corrected chi connectivity index (χ4v) is 7.42. The van der Waals surface area contributed by atoms with Crippen molar-refractivity contribution < 1.29 is 28.6 Å². The van der Waals surface area contributed by atoms with Gasteiger partial charge < -0.3 is 14.2 Å². The van der Waals surface area contributed by atoms with E-state index in [1.807, 2.05) is 6.08 Å². The maximum Gasteiger partial charge on any atom is 0.306 e. The number of esters is 3. The largest absolute Gasteiger partial charge is 0.462 e. The van der Waals surface area contributed by atoms with Gasteiger partial charge in [0.25, 0.3) is 0 Å². The van der Waals surface area contributed by atoms with E-state index in [4.69, 9.17) is 14.2 Å². The Morgan fingerprint density at radius 1 is 0.333 bits per heavy atom. The zero-order valence-corrected chi connectivity index (χ0v) is 40.0. The molecule has 0 saturated heterocycles. The quantitative estimate of drug-likeness (QED) is 0.0263. The molecule has 0 aromatic rings. The third-order valence-corrected chi connectivity index (χ3v) is 11.4. The van der Waals surface area contributed by atoms with Crippen molar-refractivity contribution in [3.8, 4) is 0 Å². The van der Waals surface area contributed by atoms with E-state index >= 15 is 0 Å². The minimum absolute atomic E-state index is 0.0942. The molecule has 0 rings (SSSR count). The Morgan fingerprint density at radius 3 is 1.05 bits per heavy atom. The molecular formula is C54H98O6. The lowest BCUT2D eigenvalue weighted by Crippen LogP contribution is -2.30. The Kier molecular flexibility index (Phi) is 47.3. The number of carbonyl (C=O) groups excluding carboxylic acids is 3. The molecule has 0 amide bonds. The highest BCUT2D eigenvalue weighted by molar-refractivity contribution is 5.71. The Hall–Kier alpha value is -2.37. The number of unbranched alkanes of at least 4 members (excludes halogenated alkanes) is 30. The minimum Gasteiger partial charge on any atom is -0.462 e. The molecule has 0 aliphatic carbocycles. The number of hydrogen-bond acceptors (Lipinski definition) is 6. The first kappa shape index (κ1) is 57.6. The van der Waals surface area contributed by atoms with Crippen molar-refractivity contribution in [1.29, 1.82) is 0 Å². The first-order valence-electron chi connectivity index (χ1n) is 26.0. The molecule has 0 aliphatic heterocycles. The fraction of sp³-hybridized carbons (Fsp3) is 0.833. The van der Waals surface area contributed by atoms with Crippen molar-refractivity contribution in [1.82, 2.24) is 0 Å². The molecule has 0 N–H and O–H groups in total. The Labute approximate surface area is 372 Å². The lowest BCUT2D eigenvalue weighted by atomic mass is 10.0. The van der Waals surface area contributed by atoms with E-state index in [0.717, 1.165) is 57.8 Å². The van der Waals surface area contributed by atoms with E-state index in [1.165, 1.54) is 167 Å². The molecule has 0 aromatic carbocycles. The first-order chi connectivity index (χ1) is 29.5. The van der Waals surface area contributed by atoms with Crippen LogP contribution >= 0.6 is 0 Å². The van der Waals surface area contributed by atoms with Gasteiger partial charge in [-0.3, -0.25) is 14.4 Å². The molecule has 0 spiro atoms. The number of ether oxygens (including phenoxy) is 3. The van der Waals surface area contributed by atoms with Crippen LogP contribution in [0.1, 0.15) is 271 Å². The van der Waals surface area contributed by atoms with Crippen molar-refractivity contribution in [2.75, 3.05) is 13.2 Å². The standard InChI is InChI=1S/C54H98O6/c1-4-7-10-13-16-19-22-24-25-26-27-28-30-32-35-38-41-44-47-53(56)59-50-51(49-58-52(55)46-43-40-37-34-31-21-18-15-12-9-6-3)60-54(57)48-45-42-39-36-33-29-23-20-17-14-11-8-5-2/h15,18,29,33,39,42,51H,4-14,16-17,19-28,30-32,34-38,40-41,43-50H2,1-3H3/b18-15-,33-29-,42-39-. The highest BCUT2D eigenvalue weighted by Gasteiger charge is 2.19. The second-order valence-corrected chi connectivity index (χ2v) is 17.4. The van der Waals surface area contributed by atoms with Crippen LogP contribution in [-0.2, 0) is 28.6 Å². The molecule has 0 radical (unpaired) electrons. The van der Waals surface area contributed by atoms with Gasteiger partial charge in [-0.15, -0.1) is 0 Å². The summed E-state index contributed by atoms with van der Waals surface area (Å²) in [6.07, 6.45) is 57.2. The van der Waals surface area contributed by atoms with Crippen LogP contribution in [0.15, 0.2) is 36.5 Å².